The van der Waals surface area contributed by atoms with E-state index < -0.39 is 63.3 Å². The average Bonchev–Trinajstić information content (AvgIpc) is 3.31. The molecule has 2 aromatic rings. The van der Waals surface area contributed by atoms with Gasteiger partial charge >= 0.3 is 45.8 Å². The van der Waals surface area contributed by atoms with Gasteiger partial charge in [0.2, 0.25) is 12.5 Å². The number of rotatable bonds is 11. The summed E-state index contributed by atoms with van der Waals surface area (Å²) >= 11 is 0.915. The number of hydrogen-bond donors (Lipinski definition) is 4. The molecule has 21 heteroatoms. The van der Waals surface area contributed by atoms with Gasteiger partial charge < -0.3 is 25.9 Å². The third kappa shape index (κ3) is 7.70. The Bertz CT molecular complexity index is 1450. The molecule has 2 heterocycles. The van der Waals surface area contributed by atoms with E-state index in [1.807, 2.05) is 0 Å². The second kappa shape index (κ2) is 13.6. The number of nitrogens with one attached hydrogen (secondary N) is 2. The van der Waals surface area contributed by atoms with Crippen LogP contribution in [0.2, 0.25) is 0 Å². The Morgan fingerprint density at radius 3 is 2.48 bits per heavy atom. The second-order valence-electron chi connectivity index (χ2n) is 7.49. The van der Waals surface area contributed by atoms with Crippen molar-refractivity contribution < 1.29 is 46.6 Å². The number of nitrogen functional groups attached to an aromatic ring is 1. The van der Waals surface area contributed by atoms with Crippen LogP contribution in [0.4, 0.5) is 10.8 Å². The SMILES string of the molecule is CNC(=O)C1C(NC(=O)/C(=N\OCC(=O)OCc2ccc([N+](=O)[O-])cc2)c2csc(N)n2)C(=O)N1S(=O)(=O)O.[NaH]. The van der Waals surface area contributed by atoms with Gasteiger partial charge in [-0.15, -0.1) is 11.3 Å². The molecule has 2 unspecified atom stereocenters. The van der Waals surface area contributed by atoms with Crippen molar-refractivity contribution in [3.63, 3.8) is 0 Å². The fourth-order valence-electron chi connectivity index (χ4n) is 3.15. The molecule has 2 atom stereocenters. The van der Waals surface area contributed by atoms with Gasteiger partial charge in [0.1, 0.15) is 18.3 Å². The van der Waals surface area contributed by atoms with Crippen LogP contribution in [0.1, 0.15) is 11.3 Å². The molecule has 3 amide bonds. The molecule has 5 N–H and O–H groups in total. The fourth-order valence-corrected chi connectivity index (χ4v) is 4.54. The zero-order chi connectivity index (χ0) is 28.9. The van der Waals surface area contributed by atoms with Crippen molar-refractivity contribution in [2.24, 2.45) is 5.16 Å². The van der Waals surface area contributed by atoms with Gasteiger partial charge in [0.25, 0.3) is 17.5 Å². The zero-order valence-electron chi connectivity index (χ0n) is 19.7. The predicted molar refractivity (Wildman–Crippen MR) is 137 cm³/mol. The van der Waals surface area contributed by atoms with Crippen LogP contribution in [0.5, 0.6) is 0 Å². The van der Waals surface area contributed by atoms with Gasteiger partial charge in [-0.25, -0.2) is 9.78 Å². The van der Waals surface area contributed by atoms with E-state index in [4.69, 9.17) is 15.3 Å². The average molecular weight is 610 g/mol. The molecule has 0 aliphatic carbocycles. The molecular formula is C19H20N7NaO11S2. The maximum atomic E-state index is 12.9. The summed E-state index contributed by atoms with van der Waals surface area (Å²) in [4.78, 5) is 68.1. The molecular weight excluding hydrogens is 589 g/mol. The van der Waals surface area contributed by atoms with Crippen molar-refractivity contribution in [2.45, 2.75) is 18.7 Å². The number of non-ortho nitro benzene ring substituents is 1. The van der Waals surface area contributed by atoms with Crippen LogP contribution in [-0.4, -0.2) is 112 Å². The predicted octanol–water partition coefficient (Wildman–Crippen LogP) is -2.31. The summed E-state index contributed by atoms with van der Waals surface area (Å²) in [6, 6.07) is 1.73. The summed E-state index contributed by atoms with van der Waals surface area (Å²) < 4.78 is 37.0. The van der Waals surface area contributed by atoms with E-state index in [2.05, 4.69) is 20.8 Å². The first-order chi connectivity index (χ1) is 18.3. The van der Waals surface area contributed by atoms with Gasteiger partial charge in [0.15, 0.2) is 16.9 Å². The molecule has 1 aliphatic heterocycles. The first-order valence-corrected chi connectivity index (χ1v) is 12.7. The maximum absolute atomic E-state index is 12.9. The standard InChI is InChI=1S/C19H19N7O11S2.Na.H/c1-21-17(29)15-14(18(30)25(15)39(33,34)35)23-16(28)13(11-8-38-19(20)22-11)24-37-7-12(27)36-6-9-2-4-10(5-3-9)26(31)32;;/h2-5,8,14-15H,6-7H2,1H3,(H2,20,22)(H,21,29)(H,23,28)(H,33,34,35);;/b24-13-;;. The first-order valence-electron chi connectivity index (χ1n) is 10.5. The monoisotopic (exact) mass is 609 g/mol. The molecule has 1 fully saturated rings. The van der Waals surface area contributed by atoms with Crippen LogP contribution >= 0.6 is 11.3 Å². The molecule has 3 rings (SSSR count). The van der Waals surface area contributed by atoms with Gasteiger partial charge in [0.05, 0.1) is 4.92 Å². The number of aromatic nitrogens is 1. The Kier molecular flexibility index (Phi) is 11.0. The summed E-state index contributed by atoms with van der Waals surface area (Å²) in [6.07, 6.45) is 0. The van der Waals surface area contributed by atoms with E-state index in [0.717, 1.165) is 18.4 Å². The number of nitrogens with zero attached hydrogens (tertiary/aromatic N) is 4. The number of carbonyl (C=O) groups excluding carboxylic acids is 4. The van der Waals surface area contributed by atoms with Crippen LogP contribution in [-0.2, 0) is 45.7 Å². The van der Waals surface area contributed by atoms with Crippen LogP contribution < -0.4 is 16.4 Å². The number of ether oxygens (including phenoxy) is 1. The number of carbonyl (C=O) groups is 4. The number of anilines is 1. The number of thiazole rings is 1. The number of nitrogens with two attached hydrogens (primary N) is 1. The van der Waals surface area contributed by atoms with E-state index >= 15 is 0 Å². The summed E-state index contributed by atoms with van der Waals surface area (Å²) in [5.41, 5.74) is 5.17. The number of amides is 3. The van der Waals surface area contributed by atoms with Gasteiger partial charge in [-0.1, -0.05) is 5.16 Å². The molecule has 1 aromatic carbocycles. The Morgan fingerprint density at radius 2 is 1.95 bits per heavy atom. The number of nitro benzene ring substituents is 1. The van der Waals surface area contributed by atoms with Crippen LogP contribution in [0.25, 0.3) is 0 Å². The molecule has 18 nitrogen and oxygen atoms in total. The molecule has 1 saturated heterocycles. The van der Waals surface area contributed by atoms with Crippen molar-refractivity contribution in [1.29, 1.82) is 0 Å². The van der Waals surface area contributed by atoms with Crippen molar-refractivity contribution >= 4 is 91.4 Å². The van der Waals surface area contributed by atoms with Crippen molar-refractivity contribution in [3.05, 3.63) is 51.0 Å². The van der Waals surface area contributed by atoms with Crippen molar-refractivity contribution in [3.8, 4) is 0 Å². The molecule has 210 valence electrons. The van der Waals surface area contributed by atoms with Crippen LogP contribution in [0, 0.1) is 10.1 Å². The quantitative estimate of drug-likeness (QED) is 0.0397. The van der Waals surface area contributed by atoms with Crippen molar-refractivity contribution in [1.82, 2.24) is 19.9 Å². The van der Waals surface area contributed by atoms with E-state index in [1.54, 1.807) is 0 Å². The number of esters is 1. The minimum atomic E-state index is -5.10. The van der Waals surface area contributed by atoms with E-state index in [9.17, 15) is 42.3 Å². The normalized spacial score (nSPS) is 16.7. The number of benzene rings is 1. The number of β-lactam (4-membered cyclic amide) rings is 1. The Hall–Kier alpha value is -3.69. The van der Waals surface area contributed by atoms with Gasteiger partial charge in [-0.05, 0) is 17.7 Å². The topological polar surface area (TPSA) is 263 Å². The van der Waals surface area contributed by atoms with Gasteiger partial charge in [-0.3, -0.25) is 29.1 Å². The number of likely N-dealkylation sites (N-methyl/N-ethyl adjacent to an activating group) is 1. The zero-order valence-corrected chi connectivity index (χ0v) is 21.3. The fraction of sp³-hybridized carbons (Fsp3) is 0.263. The molecule has 0 spiro atoms. The van der Waals surface area contributed by atoms with E-state index in [0.29, 0.717) is 5.56 Å². The summed E-state index contributed by atoms with van der Waals surface area (Å²) in [7, 11) is -3.96. The van der Waals surface area contributed by atoms with Gasteiger partial charge in [0, 0.05) is 24.6 Å². The number of nitro groups is 1. The van der Waals surface area contributed by atoms with Crippen LogP contribution in [0.3, 0.4) is 0 Å². The first kappa shape index (κ1) is 32.5. The Labute approximate surface area is 251 Å². The third-order valence-electron chi connectivity index (χ3n) is 4.97. The molecule has 0 bridgehead atoms. The van der Waals surface area contributed by atoms with Gasteiger partial charge in [-0.2, -0.15) is 12.7 Å². The third-order valence-corrected chi connectivity index (χ3v) is 6.54. The summed E-state index contributed by atoms with van der Waals surface area (Å²) in [6.45, 7) is -1.03. The molecule has 0 saturated carbocycles. The summed E-state index contributed by atoms with van der Waals surface area (Å²) in [5.74, 6) is -4.37. The van der Waals surface area contributed by atoms with E-state index in [1.165, 1.54) is 29.6 Å². The Balaban J connectivity index is 0.00000560. The van der Waals surface area contributed by atoms with Crippen molar-refractivity contribution in [2.75, 3.05) is 19.4 Å². The number of hydrogen-bond acceptors (Lipinski definition) is 14. The summed E-state index contributed by atoms with van der Waals surface area (Å²) in [5, 5.41) is 19.8. The molecule has 40 heavy (non-hydrogen) atoms. The second-order valence-corrected chi connectivity index (χ2v) is 9.67. The van der Waals surface area contributed by atoms with Crippen LogP contribution in [0.15, 0.2) is 34.8 Å². The molecule has 1 aromatic heterocycles. The Morgan fingerprint density at radius 1 is 1.30 bits per heavy atom. The number of oxime groups is 1. The molecule has 1 aliphatic rings. The minimum absolute atomic E-state index is 0. The van der Waals surface area contributed by atoms with E-state index in [-0.39, 0.29) is 57.0 Å². The molecule has 0 radical (unpaired) electrons.